The quantitative estimate of drug-likeness (QED) is 0.664. The van der Waals surface area contributed by atoms with E-state index < -0.39 is 0 Å². The number of carbonyl (C=O) groups excluding carboxylic acids is 1. The molecule has 0 radical (unpaired) electrons. The van der Waals surface area contributed by atoms with Gasteiger partial charge in [-0.1, -0.05) is 28.4 Å². The lowest BCUT2D eigenvalue weighted by atomic mass is 9.97. The predicted octanol–water partition coefficient (Wildman–Crippen LogP) is 4.63. The molecule has 1 aromatic heterocycles. The number of hydrogen-bond donors (Lipinski definition) is 1. The molecule has 7 heteroatoms. The molecule has 1 aliphatic carbocycles. The number of rotatable bonds is 8. The Hall–Kier alpha value is -1.79. The van der Waals surface area contributed by atoms with E-state index in [4.69, 9.17) is 16.1 Å². The lowest BCUT2D eigenvalue weighted by Crippen LogP contribution is -2.26. The summed E-state index contributed by atoms with van der Waals surface area (Å²) in [7, 11) is 0. The summed E-state index contributed by atoms with van der Waals surface area (Å²) in [5.74, 6) is 1.99. The van der Waals surface area contributed by atoms with Crippen molar-refractivity contribution >= 4 is 29.3 Å². The topological polar surface area (TPSA) is 68.0 Å². The number of carbonyl (C=O) groups is 1. The lowest BCUT2D eigenvalue weighted by molar-refractivity contribution is -0.118. The van der Waals surface area contributed by atoms with Crippen LogP contribution in [0.4, 0.5) is 0 Å². The first-order valence-corrected chi connectivity index (χ1v) is 10.3. The highest BCUT2D eigenvalue weighted by Crippen LogP contribution is 2.21. The summed E-state index contributed by atoms with van der Waals surface area (Å²) in [5, 5.41) is 7.60. The number of thioether (sulfide) groups is 1. The number of nitrogens with one attached hydrogen (secondary N) is 1. The van der Waals surface area contributed by atoms with E-state index in [2.05, 4.69) is 21.5 Å². The van der Waals surface area contributed by atoms with Crippen LogP contribution in [0.2, 0.25) is 5.02 Å². The maximum absolute atomic E-state index is 11.9. The minimum atomic E-state index is 0.0452. The van der Waals surface area contributed by atoms with Gasteiger partial charge in [0.15, 0.2) is 0 Å². The van der Waals surface area contributed by atoms with Gasteiger partial charge in [0.2, 0.25) is 17.6 Å². The number of aromatic nitrogens is 2. The van der Waals surface area contributed by atoms with Crippen molar-refractivity contribution in [2.75, 3.05) is 12.3 Å². The van der Waals surface area contributed by atoms with Crippen LogP contribution in [-0.4, -0.2) is 28.3 Å². The number of nitrogens with zero attached hydrogens (tertiary/aromatic N) is 2. The number of benzene rings is 1. The maximum Gasteiger partial charge on any atom is 0.236 e. The molecule has 5 nitrogen and oxygen atoms in total. The van der Waals surface area contributed by atoms with Gasteiger partial charge in [0.25, 0.3) is 0 Å². The van der Waals surface area contributed by atoms with Gasteiger partial charge in [-0.25, -0.2) is 0 Å². The van der Waals surface area contributed by atoms with Crippen LogP contribution >= 0.6 is 23.4 Å². The third-order valence-corrected chi connectivity index (χ3v) is 5.35. The smallest absolute Gasteiger partial charge is 0.236 e. The second-order valence-electron chi connectivity index (χ2n) is 6.22. The molecule has 1 aromatic carbocycles. The van der Waals surface area contributed by atoms with Crippen molar-refractivity contribution < 1.29 is 9.32 Å². The second kappa shape index (κ2) is 9.78. The Bertz CT molecular complexity index is 758. The van der Waals surface area contributed by atoms with Gasteiger partial charge in [0.05, 0.1) is 11.5 Å². The van der Waals surface area contributed by atoms with Crippen LogP contribution in [0.1, 0.15) is 38.0 Å². The summed E-state index contributed by atoms with van der Waals surface area (Å²) in [6.45, 7) is 0.715. The Labute approximate surface area is 162 Å². The molecule has 0 atom stereocenters. The van der Waals surface area contributed by atoms with Crippen molar-refractivity contribution in [3.63, 3.8) is 0 Å². The van der Waals surface area contributed by atoms with Crippen molar-refractivity contribution in [2.24, 2.45) is 0 Å². The highest BCUT2D eigenvalue weighted by Gasteiger charge is 2.10. The Kier molecular flexibility index (Phi) is 7.14. The fraction of sp³-hybridized carbons (Fsp3) is 0.421. The van der Waals surface area contributed by atoms with Crippen molar-refractivity contribution in [2.45, 2.75) is 37.9 Å². The predicted molar refractivity (Wildman–Crippen MR) is 105 cm³/mol. The molecule has 0 aliphatic heterocycles. The van der Waals surface area contributed by atoms with E-state index in [9.17, 15) is 4.79 Å². The molecule has 0 bridgehead atoms. The molecule has 0 unspecified atom stereocenters. The van der Waals surface area contributed by atoms with E-state index in [0.29, 0.717) is 34.8 Å². The maximum atomic E-state index is 11.9. The third kappa shape index (κ3) is 5.88. The second-order valence-corrected chi connectivity index (χ2v) is 7.64. The summed E-state index contributed by atoms with van der Waals surface area (Å²) < 4.78 is 5.24. The molecule has 0 spiro atoms. The van der Waals surface area contributed by atoms with Crippen molar-refractivity contribution in [3.8, 4) is 11.4 Å². The zero-order valence-corrected chi connectivity index (χ0v) is 16.1. The van der Waals surface area contributed by atoms with Crippen LogP contribution in [0.3, 0.4) is 0 Å². The SMILES string of the molecule is O=C(CSCc1nc(-c2ccc(Cl)cc2)no1)NCCC1=CCCCC1. The Balaban J connectivity index is 1.36. The third-order valence-electron chi connectivity index (χ3n) is 4.18. The standard InChI is InChI=1S/C19H22ClN3O2S/c20-16-8-6-15(7-9-16)19-22-18(25-23-19)13-26-12-17(24)21-11-10-14-4-2-1-3-5-14/h4,6-9H,1-3,5,10-13H2,(H,21,24). The van der Waals surface area contributed by atoms with E-state index in [1.54, 1.807) is 12.1 Å². The molecule has 1 heterocycles. The fourth-order valence-corrected chi connectivity index (χ4v) is 3.61. The Morgan fingerprint density at radius 3 is 2.88 bits per heavy atom. The summed E-state index contributed by atoms with van der Waals surface area (Å²) in [6, 6.07) is 7.27. The molecular formula is C19H22ClN3O2S. The fourth-order valence-electron chi connectivity index (χ4n) is 2.81. The van der Waals surface area contributed by atoms with Crippen LogP contribution in [0.5, 0.6) is 0 Å². The first-order valence-electron chi connectivity index (χ1n) is 8.81. The summed E-state index contributed by atoms with van der Waals surface area (Å²) in [6.07, 6.45) is 8.21. The van der Waals surface area contributed by atoms with Crippen LogP contribution in [-0.2, 0) is 10.5 Å². The minimum absolute atomic E-state index is 0.0452. The Morgan fingerprint density at radius 2 is 2.12 bits per heavy atom. The number of allylic oxidation sites excluding steroid dienone is 1. The zero-order valence-electron chi connectivity index (χ0n) is 14.5. The molecule has 1 N–H and O–H groups in total. The van der Waals surface area contributed by atoms with Gasteiger partial charge < -0.3 is 9.84 Å². The number of halogens is 1. The molecule has 0 saturated carbocycles. The van der Waals surface area contributed by atoms with E-state index in [1.165, 1.54) is 43.0 Å². The van der Waals surface area contributed by atoms with Crippen molar-refractivity contribution in [1.82, 2.24) is 15.5 Å². The summed E-state index contributed by atoms with van der Waals surface area (Å²) in [5.41, 5.74) is 2.33. The average Bonchev–Trinajstić information content (AvgIpc) is 3.12. The van der Waals surface area contributed by atoms with Gasteiger partial charge in [-0.05, 0) is 56.4 Å². The van der Waals surface area contributed by atoms with E-state index in [1.807, 2.05) is 12.1 Å². The average molecular weight is 392 g/mol. The first-order chi connectivity index (χ1) is 12.7. The van der Waals surface area contributed by atoms with Gasteiger partial charge >= 0.3 is 0 Å². The van der Waals surface area contributed by atoms with Crippen LogP contribution < -0.4 is 5.32 Å². The van der Waals surface area contributed by atoms with Crippen LogP contribution in [0, 0.1) is 0 Å². The Morgan fingerprint density at radius 1 is 1.27 bits per heavy atom. The van der Waals surface area contributed by atoms with E-state index in [0.717, 1.165) is 12.0 Å². The highest BCUT2D eigenvalue weighted by atomic mass is 35.5. The number of hydrogen-bond acceptors (Lipinski definition) is 5. The lowest BCUT2D eigenvalue weighted by Gasteiger charge is -2.12. The molecule has 1 amide bonds. The molecule has 2 aromatic rings. The van der Waals surface area contributed by atoms with E-state index >= 15 is 0 Å². The van der Waals surface area contributed by atoms with Crippen molar-refractivity contribution in [3.05, 3.63) is 46.8 Å². The molecule has 1 aliphatic rings. The molecule has 138 valence electrons. The van der Waals surface area contributed by atoms with Crippen LogP contribution in [0.15, 0.2) is 40.4 Å². The molecule has 3 rings (SSSR count). The van der Waals surface area contributed by atoms with Crippen molar-refractivity contribution in [1.29, 1.82) is 0 Å². The zero-order chi connectivity index (χ0) is 18.2. The highest BCUT2D eigenvalue weighted by molar-refractivity contribution is 7.99. The monoisotopic (exact) mass is 391 g/mol. The normalized spacial score (nSPS) is 14.1. The molecule has 0 fully saturated rings. The molecule has 0 saturated heterocycles. The van der Waals surface area contributed by atoms with E-state index in [-0.39, 0.29) is 5.91 Å². The molecule has 26 heavy (non-hydrogen) atoms. The summed E-state index contributed by atoms with van der Waals surface area (Å²) in [4.78, 5) is 16.3. The number of amides is 1. The summed E-state index contributed by atoms with van der Waals surface area (Å²) >= 11 is 7.34. The minimum Gasteiger partial charge on any atom is -0.355 e. The van der Waals surface area contributed by atoms with Crippen LogP contribution in [0.25, 0.3) is 11.4 Å². The van der Waals surface area contributed by atoms with Gasteiger partial charge in [0.1, 0.15) is 0 Å². The van der Waals surface area contributed by atoms with Gasteiger partial charge in [-0.15, -0.1) is 11.8 Å². The molecular weight excluding hydrogens is 370 g/mol. The van der Waals surface area contributed by atoms with Gasteiger partial charge in [-0.2, -0.15) is 4.98 Å². The van der Waals surface area contributed by atoms with Gasteiger partial charge in [0, 0.05) is 17.1 Å². The van der Waals surface area contributed by atoms with Gasteiger partial charge in [-0.3, -0.25) is 4.79 Å². The largest absolute Gasteiger partial charge is 0.355 e. The first kappa shape index (κ1) is 19.0.